The van der Waals surface area contributed by atoms with Crippen LogP contribution in [0.4, 0.5) is 0 Å². The minimum Gasteiger partial charge on any atom is -0.298 e. The van der Waals surface area contributed by atoms with Gasteiger partial charge in [-0.05, 0) is 31.5 Å². The van der Waals surface area contributed by atoms with Gasteiger partial charge in [-0.2, -0.15) is 5.26 Å². The molecule has 0 N–H and O–H groups in total. The van der Waals surface area contributed by atoms with Gasteiger partial charge in [-0.3, -0.25) is 9.80 Å². The maximum Gasteiger partial charge on any atom is 0.140 e. The van der Waals surface area contributed by atoms with E-state index in [0.717, 1.165) is 32.7 Å². The van der Waals surface area contributed by atoms with E-state index in [1.807, 2.05) is 12.1 Å². The molecular weight excluding hydrogens is 224 g/mol. The van der Waals surface area contributed by atoms with Gasteiger partial charge >= 0.3 is 0 Å². The highest BCUT2D eigenvalue weighted by atomic mass is 15.3. The van der Waals surface area contributed by atoms with E-state index in [1.54, 1.807) is 6.20 Å². The molecule has 18 heavy (non-hydrogen) atoms. The third-order valence-electron chi connectivity index (χ3n) is 3.48. The van der Waals surface area contributed by atoms with Gasteiger partial charge in [0.05, 0.1) is 0 Å². The average Bonchev–Trinajstić information content (AvgIpc) is 2.39. The molecule has 4 nitrogen and oxygen atoms in total. The van der Waals surface area contributed by atoms with Gasteiger partial charge in [-0.25, -0.2) is 4.98 Å². The first-order valence-corrected chi connectivity index (χ1v) is 6.50. The van der Waals surface area contributed by atoms with Gasteiger partial charge in [0, 0.05) is 45.0 Å². The van der Waals surface area contributed by atoms with E-state index in [-0.39, 0.29) is 0 Å². The number of piperazine rings is 1. The van der Waals surface area contributed by atoms with Crippen LogP contribution in [0.2, 0.25) is 0 Å². The van der Waals surface area contributed by atoms with Gasteiger partial charge < -0.3 is 0 Å². The lowest BCUT2D eigenvalue weighted by Crippen LogP contribution is -2.48. The maximum atomic E-state index is 8.83. The summed E-state index contributed by atoms with van der Waals surface area (Å²) >= 11 is 0. The highest BCUT2D eigenvalue weighted by molar-refractivity contribution is 5.25. The van der Waals surface area contributed by atoms with Crippen molar-refractivity contribution in [3.05, 3.63) is 29.6 Å². The van der Waals surface area contributed by atoms with Crippen LogP contribution in [0.25, 0.3) is 0 Å². The first-order chi connectivity index (χ1) is 8.69. The minimum atomic E-state index is 0.508. The summed E-state index contributed by atoms with van der Waals surface area (Å²) in [4.78, 5) is 8.94. The number of pyridine rings is 1. The third-order valence-corrected chi connectivity index (χ3v) is 3.48. The first kappa shape index (κ1) is 13.0. The van der Waals surface area contributed by atoms with Crippen molar-refractivity contribution in [1.29, 1.82) is 5.26 Å². The topological polar surface area (TPSA) is 43.2 Å². The number of aromatic nitrogens is 1. The Hall–Kier alpha value is -1.44. The second kappa shape index (κ2) is 5.94. The summed E-state index contributed by atoms with van der Waals surface area (Å²) in [5, 5.41) is 8.83. The monoisotopic (exact) mass is 244 g/mol. The molecule has 1 aliphatic heterocycles. The van der Waals surface area contributed by atoms with Crippen LogP contribution in [0.3, 0.4) is 0 Å². The molecule has 1 saturated heterocycles. The number of nitrogens with zero attached hydrogens (tertiary/aromatic N) is 4. The molecule has 0 radical (unpaired) electrons. The zero-order valence-corrected chi connectivity index (χ0v) is 11.1. The third kappa shape index (κ3) is 3.28. The molecular formula is C14H20N4. The molecule has 4 heteroatoms. The summed E-state index contributed by atoms with van der Waals surface area (Å²) in [6, 6.07) is 6.61. The van der Waals surface area contributed by atoms with Crippen LogP contribution in [0.1, 0.15) is 25.1 Å². The zero-order valence-electron chi connectivity index (χ0n) is 11.1. The second-order valence-electron chi connectivity index (χ2n) is 5.07. The average molecular weight is 244 g/mol. The Bertz CT molecular complexity index is 428. The summed E-state index contributed by atoms with van der Waals surface area (Å²) in [7, 11) is 0. The maximum absolute atomic E-state index is 8.83. The van der Waals surface area contributed by atoms with E-state index in [9.17, 15) is 0 Å². The van der Waals surface area contributed by atoms with Gasteiger partial charge in [0.25, 0.3) is 0 Å². The van der Waals surface area contributed by atoms with Crippen molar-refractivity contribution < 1.29 is 0 Å². The van der Waals surface area contributed by atoms with Gasteiger partial charge in [-0.1, -0.05) is 0 Å². The standard InChI is InChI=1S/C14H20N4/c1-12(2)18-7-5-17(6-8-18)11-13-3-4-16-14(9-13)10-15/h3-4,9,12H,5-8,11H2,1-2H3. The summed E-state index contributed by atoms with van der Waals surface area (Å²) in [5.74, 6) is 0. The van der Waals surface area contributed by atoms with E-state index in [2.05, 4.69) is 34.7 Å². The molecule has 0 amide bonds. The van der Waals surface area contributed by atoms with E-state index >= 15 is 0 Å². The van der Waals surface area contributed by atoms with Gasteiger partial charge in [0.2, 0.25) is 0 Å². The molecule has 0 unspecified atom stereocenters. The minimum absolute atomic E-state index is 0.508. The van der Waals surface area contributed by atoms with Crippen LogP contribution in [0.15, 0.2) is 18.3 Å². The van der Waals surface area contributed by atoms with Crippen LogP contribution in [0.5, 0.6) is 0 Å². The van der Waals surface area contributed by atoms with E-state index in [4.69, 9.17) is 5.26 Å². The predicted molar refractivity (Wildman–Crippen MR) is 70.9 cm³/mol. The lowest BCUT2D eigenvalue weighted by Gasteiger charge is -2.36. The van der Waals surface area contributed by atoms with Crippen molar-refractivity contribution in [2.75, 3.05) is 26.2 Å². The molecule has 0 atom stereocenters. The van der Waals surface area contributed by atoms with E-state index in [0.29, 0.717) is 11.7 Å². The molecule has 1 fully saturated rings. The summed E-state index contributed by atoms with van der Waals surface area (Å²) in [6.45, 7) is 9.88. The lowest BCUT2D eigenvalue weighted by molar-refractivity contribution is 0.104. The molecule has 0 aromatic carbocycles. The summed E-state index contributed by atoms with van der Waals surface area (Å²) in [6.07, 6.45) is 1.72. The number of hydrogen-bond donors (Lipinski definition) is 0. The van der Waals surface area contributed by atoms with Crippen molar-refractivity contribution >= 4 is 0 Å². The predicted octanol–water partition coefficient (Wildman–Crippen LogP) is 1.48. The van der Waals surface area contributed by atoms with Crippen molar-refractivity contribution in [3.63, 3.8) is 0 Å². The molecule has 1 aromatic rings. The highest BCUT2D eigenvalue weighted by Gasteiger charge is 2.18. The van der Waals surface area contributed by atoms with Crippen LogP contribution >= 0.6 is 0 Å². The van der Waals surface area contributed by atoms with Gasteiger partial charge in [-0.15, -0.1) is 0 Å². The fraction of sp³-hybridized carbons (Fsp3) is 0.571. The molecule has 2 rings (SSSR count). The number of nitriles is 1. The Balaban J connectivity index is 1.90. The van der Waals surface area contributed by atoms with Crippen LogP contribution in [0, 0.1) is 11.3 Å². The van der Waals surface area contributed by atoms with Gasteiger partial charge in [0.1, 0.15) is 11.8 Å². The molecule has 2 heterocycles. The summed E-state index contributed by atoms with van der Waals surface area (Å²) in [5.41, 5.74) is 1.69. The molecule has 96 valence electrons. The van der Waals surface area contributed by atoms with Gasteiger partial charge in [0.15, 0.2) is 0 Å². The fourth-order valence-electron chi connectivity index (χ4n) is 2.33. The van der Waals surface area contributed by atoms with E-state index < -0.39 is 0 Å². The summed E-state index contributed by atoms with van der Waals surface area (Å²) < 4.78 is 0. The number of rotatable bonds is 3. The Morgan fingerprint density at radius 1 is 1.33 bits per heavy atom. The Morgan fingerprint density at radius 2 is 2.06 bits per heavy atom. The molecule has 0 spiro atoms. The molecule has 0 aliphatic carbocycles. The van der Waals surface area contributed by atoms with Crippen LogP contribution in [-0.2, 0) is 6.54 Å². The highest BCUT2D eigenvalue weighted by Crippen LogP contribution is 2.10. The van der Waals surface area contributed by atoms with Crippen molar-refractivity contribution in [2.24, 2.45) is 0 Å². The SMILES string of the molecule is CC(C)N1CCN(Cc2ccnc(C#N)c2)CC1. The molecule has 1 aromatic heterocycles. The Labute approximate surface area is 109 Å². The smallest absolute Gasteiger partial charge is 0.140 e. The van der Waals surface area contributed by atoms with E-state index in [1.165, 1.54) is 5.56 Å². The lowest BCUT2D eigenvalue weighted by atomic mass is 10.2. The van der Waals surface area contributed by atoms with Crippen molar-refractivity contribution in [2.45, 2.75) is 26.4 Å². The molecule has 0 saturated carbocycles. The van der Waals surface area contributed by atoms with Crippen molar-refractivity contribution in [3.8, 4) is 6.07 Å². The quantitative estimate of drug-likeness (QED) is 0.808. The largest absolute Gasteiger partial charge is 0.298 e. The normalized spacial score (nSPS) is 17.9. The second-order valence-corrected chi connectivity index (χ2v) is 5.07. The zero-order chi connectivity index (χ0) is 13.0. The fourth-order valence-corrected chi connectivity index (χ4v) is 2.33. The van der Waals surface area contributed by atoms with Crippen molar-refractivity contribution in [1.82, 2.24) is 14.8 Å². The Morgan fingerprint density at radius 3 is 2.67 bits per heavy atom. The number of hydrogen-bond acceptors (Lipinski definition) is 4. The van der Waals surface area contributed by atoms with Crippen LogP contribution < -0.4 is 0 Å². The molecule has 0 bridgehead atoms. The Kier molecular flexibility index (Phi) is 4.29. The van der Waals surface area contributed by atoms with Crippen LogP contribution in [-0.4, -0.2) is 47.0 Å². The molecule has 1 aliphatic rings. The first-order valence-electron chi connectivity index (χ1n) is 6.50.